The van der Waals surface area contributed by atoms with Crippen LogP contribution in [0.5, 0.6) is 0 Å². The van der Waals surface area contributed by atoms with Gasteiger partial charge in [0, 0.05) is 12.7 Å². The Morgan fingerprint density at radius 1 is 1.04 bits per heavy atom. The van der Waals surface area contributed by atoms with Crippen LogP contribution < -0.4 is 4.90 Å². The molecule has 0 aliphatic heterocycles. The zero-order valence-corrected chi connectivity index (χ0v) is 13.3. The van der Waals surface area contributed by atoms with Crippen molar-refractivity contribution in [3.05, 3.63) is 65.0 Å². The molecule has 0 fully saturated rings. The number of likely N-dealkylation sites (N-methyl/N-ethyl adjacent to an activating group) is 1. The molecule has 0 atom stereocenters. The molecule has 0 N–H and O–H groups in total. The highest BCUT2D eigenvalue weighted by molar-refractivity contribution is 5.96. The molecule has 4 nitrogen and oxygen atoms in total. The van der Waals surface area contributed by atoms with E-state index in [0.29, 0.717) is 11.3 Å². The number of amides is 1. The summed E-state index contributed by atoms with van der Waals surface area (Å²) in [4.78, 5) is 25.3. The van der Waals surface area contributed by atoms with Crippen LogP contribution in [0, 0.1) is 19.7 Å². The van der Waals surface area contributed by atoms with Crippen molar-refractivity contribution in [1.29, 1.82) is 0 Å². The van der Waals surface area contributed by atoms with Gasteiger partial charge in [0.1, 0.15) is 5.82 Å². The molecule has 120 valence electrons. The van der Waals surface area contributed by atoms with E-state index in [-0.39, 0.29) is 12.4 Å². The Morgan fingerprint density at radius 3 is 2.30 bits per heavy atom. The molecule has 2 aromatic carbocycles. The smallest absolute Gasteiger partial charge is 0.338 e. The number of halogens is 1. The Hall–Kier alpha value is -2.69. The maximum atomic E-state index is 12.9. The number of esters is 1. The second-order valence-corrected chi connectivity index (χ2v) is 5.30. The highest BCUT2D eigenvalue weighted by Crippen LogP contribution is 2.14. The molecule has 2 rings (SSSR count). The maximum Gasteiger partial charge on any atom is 0.338 e. The van der Waals surface area contributed by atoms with Crippen molar-refractivity contribution in [1.82, 2.24) is 0 Å². The van der Waals surface area contributed by atoms with Crippen molar-refractivity contribution >= 4 is 17.6 Å². The van der Waals surface area contributed by atoms with E-state index in [1.807, 2.05) is 19.9 Å². The number of aryl methyl sites for hydroxylation is 2. The lowest BCUT2D eigenvalue weighted by atomic mass is 10.1. The number of benzene rings is 2. The van der Waals surface area contributed by atoms with Crippen molar-refractivity contribution in [3.8, 4) is 0 Å². The van der Waals surface area contributed by atoms with E-state index in [9.17, 15) is 14.0 Å². The lowest BCUT2D eigenvalue weighted by Gasteiger charge is -2.17. The fourth-order valence-electron chi connectivity index (χ4n) is 1.98. The van der Waals surface area contributed by atoms with Crippen molar-refractivity contribution in [3.63, 3.8) is 0 Å². The highest BCUT2D eigenvalue weighted by atomic mass is 19.1. The SMILES string of the molecule is Cc1ccc(C(=O)OCC(=O)N(C)c2ccc(F)cc2)cc1C. The average molecular weight is 315 g/mol. The van der Waals surface area contributed by atoms with E-state index in [1.54, 1.807) is 19.2 Å². The largest absolute Gasteiger partial charge is 0.452 e. The van der Waals surface area contributed by atoms with Crippen molar-refractivity contribution < 1.29 is 18.7 Å². The summed E-state index contributed by atoms with van der Waals surface area (Å²) in [6.45, 7) is 3.48. The first-order valence-corrected chi connectivity index (χ1v) is 7.15. The molecule has 0 saturated carbocycles. The number of nitrogens with zero attached hydrogens (tertiary/aromatic N) is 1. The summed E-state index contributed by atoms with van der Waals surface area (Å²) >= 11 is 0. The molecule has 2 aromatic rings. The summed E-state index contributed by atoms with van der Waals surface area (Å²) in [5.41, 5.74) is 2.99. The normalized spacial score (nSPS) is 10.3. The molecule has 0 spiro atoms. The summed E-state index contributed by atoms with van der Waals surface area (Å²) < 4.78 is 17.9. The second-order valence-electron chi connectivity index (χ2n) is 5.30. The summed E-state index contributed by atoms with van der Waals surface area (Å²) in [5.74, 6) is -1.32. The van der Waals surface area contributed by atoms with Gasteiger partial charge in [-0.2, -0.15) is 0 Å². The van der Waals surface area contributed by atoms with E-state index in [0.717, 1.165) is 11.1 Å². The average Bonchev–Trinajstić information content (AvgIpc) is 2.54. The predicted octanol–water partition coefficient (Wildman–Crippen LogP) is 3.26. The maximum absolute atomic E-state index is 12.9. The van der Waals surface area contributed by atoms with Gasteiger partial charge in [0.15, 0.2) is 6.61 Å². The van der Waals surface area contributed by atoms with Gasteiger partial charge in [-0.1, -0.05) is 6.07 Å². The van der Waals surface area contributed by atoms with E-state index in [2.05, 4.69) is 0 Å². The van der Waals surface area contributed by atoms with Gasteiger partial charge < -0.3 is 9.64 Å². The van der Waals surface area contributed by atoms with Crippen molar-refractivity contribution in [2.24, 2.45) is 0 Å². The van der Waals surface area contributed by atoms with Crippen LogP contribution in [-0.4, -0.2) is 25.5 Å². The van der Waals surface area contributed by atoms with Gasteiger partial charge in [-0.3, -0.25) is 4.79 Å². The topological polar surface area (TPSA) is 46.6 Å². The minimum Gasteiger partial charge on any atom is -0.452 e. The van der Waals surface area contributed by atoms with Crippen LogP contribution in [0.4, 0.5) is 10.1 Å². The molecule has 0 heterocycles. The lowest BCUT2D eigenvalue weighted by Crippen LogP contribution is -2.31. The summed E-state index contributed by atoms with van der Waals surface area (Å²) in [6, 6.07) is 10.7. The summed E-state index contributed by atoms with van der Waals surface area (Å²) in [6.07, 6.45) is 0. The standard InChI is InChI=1S/C18H18FNO3/c1-12-4-5-14(10-13(12)2)18(22)23-11-17(21)20(3)16-8-6-15(19)7-9-16/h4-10H,11H2,1-3H3. The Kier molecular flexibility index (Phi) is 5.11. The summed E-state index contributed by atoms with van der Waals surface area (Å²) in [7, 11) is 1.54. The quantitative estimate of drug-likeness (QED) is 0.814. The van der Waals surface area contributed by atoms with Crippen LogP contribution >= 0.6 is 0 Å². The Labute approximate surface area is 134 Å². The number of ether oxygens (including phenoxy) is 1. The first kappa shape index (κ1) is 16.7. The first-order chi connectivity index (χ1) is 10.9. The molecule has 0 aliphatic carbocycles. The van der Waals surface area contributed by atoms with Crippen molar-refractivity contribution in [2.75, 3.05) is 18.6 Å². The van der Waals surface area contributed by atoms with Crippen LogP contribution in [0.1, 0.15) is 21.5 Å². The third kappa shape index (κ3) is 4.16. The third-order valence-corrected chi connectivity index (χ3v) is 3.66. The van der Waals surface area contributed by atoms with Gasteiger partial charge in [0.2, 0.25) is 0 Å². The lowest BCUT2D eigenvalue weighted by molar-refractivity contribution is -0.121. The fourth-order valence-corrected chi connectivity index (χ4v) is 1.98. The third-order valence-electron chi connectivity index (χ3n) is 3.66. The minimum atomic E-state index is -0.547. The molecular weight excluding hydrogens is 297 g/mol. The van der Waals surface area contributed by atoms with Crippen molar-refractivity contribution in [2.45, 2.75) is 13.8 Å². The molecule has 0 radical (unpaired) electrons. The minimum absolute atomic E-state index is 0.375. The Morgan fingerprint density at radius 2 is 1.70 bits per heavy atom. The fraction of sp³-hybridized carbons (Fsp3) is 0.222. The summed E-state index contributed by atoms with van der Waals surface area (Å²) in [5, 5.41) is 0. The second kappa shape index (κ2) is 7.05. The molecule has 5 heteroatoms. The molecular formula is C18H18FNO3. The van der Waals surface area contributed by atoms with Gasteiger partial charge in [0.05, 0.1) is 5.56 Å². The zero-order valence-electron chi connectivity index (χ0n) is 13.3. The van der Waals surface area contributed by atoms with Gasteiger partial charge in [-0.25, -0.2) is 9.18 Å². The Bertz CT molecular complexity index is 726. The van der Waals surface area contributed by atoms with Crippen LogP contribution in [-0.2, 0) is 9.53 Å². The number of rotatable bonds is 4. The van der Waals surface area contributed by atoms with Crippen LogP contribution in [0.2, 0.25) is 0 Å². The van der Waals surface area contributed by atoms with E-state index in [4.69, 9.17) is 4.74 Å². The predicted molar refractivity (Wildman–Crippen MR) is 86.0 cm³/mol. The number of carbonyl (C=O) groups is 2. The number of carbonyl (C=O) groups excluding carboxylic acids is 2. The first-order valence-electron chi connectivity index (χ1n) is 7.15. The van der Waals surface area contributed by atoms with E-state index < -0.39 is 11.9 Å². The monoisotopic (exact) mass is 315 g/mol. The van der Waals surface area contributed by atoms with Crippen LogP contribution in [0.3, 0.4) is 0 Å². The molecule has 0 aliphatic rings. The van der Waals surface area contributed by atoms with Gasteiger partial charge in [-0.05, 0) is 61.4 Å². The van der Waals surface area contributed by atoms with Crippen LogP contribution in [0.15, 0.2) is 42.5 Å². The molecule has 0 bridgehead atoms. The molecule has 0 saturated heterocycles. The molecule has 23 heavy (non-hydrogen) atoms. The number of hydrogen-bond acceptors (Lipinski definition) is 3. The van der Waals surface area contributed by atoms with Gasteiger partial charge >= 0.3 is 5.97 Å². The highest BCUT2D eigenvalue weighted by Gasteiger charge is 2.15. The molecule has 0 aromatic heterocycles. The molecule has 1 amide bonds. The van der Waals surface area contributed by atoms with Gasteiger partial charge in [-0.15, -0.1) is 0 Å². The van der Waals surface area contributed by atoms with Gasteiger partial charge in [0.25, 0.3) is 5.91 Å². The zero-order chi connectivity index (χ0) is 17.0. The number of hydrogen-bond donors (Lipinski definition) is 0. The number of anilines is 1. The van der Waals surface area contributed by atoms with E-state index >= 15 is 0 Å². The van der Waals surface area contributed by atoms with Crippen LogP contribution in [0.25, 0.3) is 0 Å². The Balaban J connectivity index is 1.96. The molecule has 0 unspecified atom stereocenters. The van der Waals surface area contributed by atoms with E-state index in [1.165, 1.54) is 29.2 Å².